The van der Waals surface area contributed by atoms with Gasteiger partial charge < -0.3 is 0 Å². The molecular weight excluding hydrogens is 218 g/mol. The zero-order valence-electron chi connectivity index (χ0n) is 18.8. The van der Waals surface area contributed by atoms with Crippen molar-refractivity contribution in [3.63, 3.8) is 0 Å². The minimum atomic E-state index is -2.46. The molecule has 18 heavy (non-hydrogen) atoms. The standard InChI is InChI=1S/C17H22N/c1-6-15-11-18(5)17(10-13(15)3)16-8-7-12(2)9-14(16)4/h7-11H,6H2,1-5H3/q+1/i2D3,3D3,6D2. The molecule has 0 radical (unpaired) electrons. The molecule has 1 aromatic carbocycles. The number of nitrogens with zero attached hydrogens (tertiary/aromatic N) is 1. The van der Waals surface area contributed by atoms with E-state index in [9.17, 15) is 0 Å². The Morgan fingerprint density at radius 1 is 1.22 bits per heavy atom. The minimum absolute atomic E-state index is 0.0441. The van der Waals surface area contributed by atoms with Crippen LogP contribution in [-0.4, -0.2) is 0 Å². The molecule has 0 unspecified atom stereocenters. The summed E-state index contributed by atoms with van der Waals surface area (Å²) in [6.07, 6.45) is -0.311. The second kappa shape index (κ2) is 4.93. The number of pyridine rings is 1. The molecule has 1 heterocycles. The average Bonchev–Trinajstić information content (AvgIpc) is 2.44. The molecule has 1 heteroatoms. The van der Waals surface area contributed by atoms with Crippen molar-refractivity contribution in [3.8, 4) is 11.3 Å². The van der Waals surface area contributed by atoms with Crippen molar-refractivity contribution in [2.24, 2.45) is 7.05 Å². The van der Waals surface area contributed by atoms with E-state index in [2.05, 4.69) is 0 Å². The van der Waals surface area contributed by atoms with Crippen molar-refractivity contribution in [1.29, 1.82) is 0 Å². The second-order valence-electron chi connectivity index (χ2n) is 4.38. The van der Waals surface area contributed by atoms with Gasteiger partial charge in [-0.25, -0.2) is 4.57 Å². The summed E-state index contributed by atoms with van der Waals surface area (Å²) in [5.74, 6) is 0. The minimum Gasteiger partial charge on any atom is -0.201 e. The van der Waals surface area contributed by atoms with E-state index in [1.807, 2.05) is 0 Å². The Morgan fingerprint density at radius 3 is 2.67 bits per heavy atom. The molecular formula is C17H22N+. The zero-order chi connectivity index (χ0) is 20.1. The summed E-state index contributed by atoms with van der Waals surface area (Å²) in [4.78, 5) is 0. The van der Waals surface area contributed by atoms with E-state index in [0.29, 0.717) is 16.8 Å². The first-order valence-corrected chi connectivity index (χ1v) is 5.78. The molecule has 94 valence electrons. The average molecular weight is 248 g/mol. The van der Waals surface area contributed by atoms with Gasteiger partial charge in [0.25, 0.3) is 0 Å². The van der Waals surface area contributed by atoms with Crippen molar-refractivity contribution in [2.75, 3.05) is 0 Å². The number of rotatable bonds is 2. The zero-order valence-corrected chi connectivity index (χ0v) is 10.8. The molecule has 0 saturated carbocycles. The van der Waals surface area contributed by atoms with Crippen molar-refractivity contribution in [2.45, 2.75) is 33.9 Å². The smallest absolute Gasteiger partial charge is 0.201 e. The molecule has 2 aromatic rings. The molecule has 0 amide bonds. The van der Waals surface area contributed by atoms with Gasteiger partial charge in [-0.1, -0.05) is 24.6 Å². The van der Waals surface area contributed by atoms with E-state index < -0.39 is 20.1 Å². The first kappa shape index (κ1) is 6.01. The highest BCUT2D eigenvalue weighted by Gasteiger charge is 2.14. The number of hydrogen-bond donors (Lipinski definition) is 0. The summed E-state index contributed by atoms with van der Waals surface area (Å²) in [5, 5.41) is 0. The fourth-order valence-electron chi connectivity index (χ4n) is 2.07. The predicted octanol–water partition coefficient (Wildman–Crippen LogP) is 3.67. The molecule has 0 aliphatic heterocycles. The molecule has 0 bridgehead atoms. The quantitative estimate of drug-likeness (QED) is 0.714. The SMILES string of the molecule is [2H]C([2H])([2H])c1ccc(-c2cc(C([2H])([2H])[2H])c(C([2H])([2H])C)c[n+]2C)c(C)c1. The Bertz CT molecular complexity index is 828. The van der Waals surface area contributed by atoms with Crippen LogP contribution in [0.3, 0.4) is 0 Å². The Morgan fingerprint density at radius 2 is 2.06 bits per heavy atom. The number of aryl methyl sites for hydroxylation is 5. The first-order valence-electron chi connectivity index (χ1n) is 9.78. The van der Waals surface area contributed by atoms with Crippen LogP contribution >= 0.6 is 0 Å². The fourth-order valence-corrected chi connectivity index (χ4v) is 2.07. The monoisotopic (exact) mass is 248 g/mol. The van der Waals surface area contributed by atoms with Gasteiger partial charge in [-0.05, 0) is 44.2 Å². The molecule has 0 N–H and O–H groups in total. The highest BCUT2D eigenvalue weighted by atomic mass is 14.9. The summed E-state index contributed by atoms with van der Waals surface area (Å²) >= 11 is 0. The molecule has 1 nitrogen and oxygen atoms in total. The molecule has 1 aromatic heterocycles. The van der Waals surface area contributed by atoms with Crippen molar-refractivity contribution in [3.05, 3.63) is 52.7 Å². The van der Waals surface area contributed by atoms with Crippen LogP contribution in [0.1, 0.15) is 40.1 Å². The highest BCUT2D eigenvalue weighted by molar-refractivity contribution is 5.62. The number of aromatic nitrogens is 1. The van der Waals surface area contributed by atoms with Crippen LogP contribution in [-0.2, 0) is 13.4 Å². The maximum Gasteiger partial charge on any atom is 0.212 e. The van der Waals surface area contributed by atoms with Crippen LogP contribution in [0.4, 0.5) is 0 Å². The van der Waals surface area contributed by atoms with Crippen LogP contribution in [0.25, 0.3) is 11.3 Å². The largest absolute Gasteiger partial charge is 0.212 e. The van der Waals surface area contributed by atoms with E-state index in [4.69, 9.17) is 11.0 Å². The Balaban J connectivity index is 2.72. The van der Waals surface area contributed by atoms with E-state index in [1.54, 1.807) is 30.7 Å². The van der Waals surface area contributed by atoms with E-state index in [-0.39, 0.29) is 16.7 Å². The van der Waals surface area contributed by atoms with Gasteiger partial charge >= 0.3 is 0 Å². The number of benzene rings is 1. The van der Waals surface area contributed by atoms with Crippen LogP contribution in [0.2, 0.25) is 0 Å². The van der Waals surface area contributed by atoms with Gasteiger partial charge in [0.15, 0.2) is 6.20 Å². The molecule has 0 aliphatic carbocycles. The molecule has 0 aliphatic rings. The van der Waals surface area contributed by atoms with Crippen LogP contribution in [0.5, 0.6) is 0 Å². The molecule has 0 atom stereocenters. The Kier molecular flexibility index (Phi) is 1.65. The molecule has 0 fully saturated rings. The molecule has 0 spiro atoms. The van der Waals surface area contributed by atoms with Gasteiger partial charge in [-0.2, -0.15) is 0 Å². The van der Waals surface area contributed by atoms with Gasteiger partial charge in [0, 0.05) is 28.2 Å². The topological polar surface area (TPSA) is 3.88 Å². The number of hydrogen-bond acceptors (Lipinski definition) is 0. The van der Waals surface area contributed by atoms with Crippen LogP contribution < -0.4 is 4.57 Å². The lowest BCUT2D eigenvalue weighted by Gasteiger charge is -2.08. The predicted molar refractivity (Wildman–Crippen MR) is 76.6 cm³/mol. The van der Waals surface area contributed by atoms with E-state index in [1.165, 1.54) is 25.3 Å². The maximum absolute atomic E-state index is 7.95. The van der Waals surface area contributed by atoms with Crippen molar-refractivity contribution >= 4 is 0 Å². The van der Waals surface area contributed by atoms with Crippen molar-refractivity contribution in [1.82, 2.24) is 0 Å². The summed E-state index contributed by atoms with van der Waals surface area (Å²) in [5.41, 5.74) is 2.28. The van der Waals surface area contributed by atoms with E-state index in [0.717, 1.165) is 0 Å². The maximum atomic E-state index is 7.95. The first-order chi connectivity index (χ1) is 11.6. The fraction of sp³-hybridized carbons (Fsp3) is 0.353. The third-order valence-corrected chi connectivity index (χ3v) is 3.05. The Hall–Kier alpha value is -1.63. The second-order valence-corrected chi connectivity index (χ2v) is 4.38. The normalized spacial score (nSPS) is 19.5. The summed E-state index contributed by atoms with van der Waals surface area (Å²) in [6, 6.07) is 6.22. The van der Waals surface area contributed by atoms with Crippen LogP contribution in [0, 0.1) is 20.6 Å². The van der Waals surface area contributed by atoms with Gasteiger partial charge in [-0.3, -0.25) is 0 Å². The Labute approximate surface area is 121 Å². The third-order valence-electron chi connectivity index (χ3n) is 3.05. The summed E-state index contributed by atoms with van der Waals surface area (Å²) < 4.78 is 63.4. The summed E-state index contributed by atoms with van der Waals surface area (Å²) in [6.45, 7) is -1.58. The van der Waals surface area contributed by atoms with Crippen molar-refractivity contribution < 1.29 is 15.5 Å². The van der Waals surface area contributed by atoms with Gasteiger partial charge in [-0.15, -0.1) is 0 Å². The third kappa shape index (κ3) is 2.31. The van der Waals surface area contributed by atoms with Gasteiger partial charge in [0.1, 0.15) is 7.05 Å². The lowest BCUT2D eigenvalue weighted by molar-refractivity contribution is -0.660. The van der Waals surface area contributed by atoms with E-state index >= 15 is 0 Å². The molecule has 2 rings (SSSR count). The van der Waals surface area contributed by atoms with Crippen LogP contribution in [0.15, 0.2) is 30.5 Å². The lowest BCUT2D eigenvalue weighted by Crippen LogP contribution is -2.32. The lowest BCUT2D eigenvalue weighted by atomic mass is 9.99. The van der Waals surface area contributed by atoms with Gasteiger partial charge in [0.05, 0.1) is 0 Å². The van der Waals surface area contributed by atoms with Gasteiger partial charge in [0.2, 0.25) is 5.69 Å². The summed E-state index contributed by atoms with van der Waals surface area (Å²) in [7, 11) is 1.71. The highest BCUT2D eigenvalue weighted by Crippen LogP contribution is 2.23. The molecule has 0 saturated heterocycles.